The number of hydrogen-bond donors (Lipinski definition) is 1. The van der Waals surface area contributed by atoms with E-state index >= 15 is 0 Å². The molecule has 2 rings (SSSR count). The molecule has 0 atom stereocenters. The van der Waals surface area contributed by atoms with Gasteiger partial charge in [-0.2, -0.15) is 0 Å². The maximum Gasteiger partial charge on any atom is 0.255 e. The summed E-state index contributed by atoms with van der Waals surface area (Å²) in [7, 11) is 1.73. The Bertz CT molecular complexity index is 673. The van der Waals surface area contributed by atoms with Crippen LogP contribution in [0.1, 0.15) is 21.6 Å². The Hall–Kier alpha value is -2.71. The van der Waals surface area contributed by atoms with E-state index in [1.54, 1.807) is 36.6 Å². The molecule has 5 heteroatoms. The molecule has 106 valence electrons. The normalized spacial score (nSPS) is 9.62. The molecule has 0 aliphatic carbocycles. The van der Waals surface area contributed by atoms with Gasteiger partial charge in [-0.3, -0.25) is 14.8 Å². The highest BCUT2D eigenvalue weighted by Gasteiger charge is 2.15. The minimum absolute atomic E-state index is 0.121. The van der Waals surface area contributed by atoms with Gasteiger partial charge in [0.2, 0.25) is 0 Å². The van der Waals surface area contributed by atoms with Gasteiger partial charge < -0.3 is 10.6 Å². The number of carbonyl (C=O) groups is 1. The van der Waals surface area contributed by atoms with Crippen molar-refractivity contribution < 1.29 is 4.79 Å². The first kappa shape index (κ1) is 14.7. The highest BCUT2D eigenvalue weighted by molar-refractivity contribution is 5.96. The number of rotatable bonds is 3. The molecule has 2 aromatic rings. The molecule has 21 heavy (non-hydrogen) atoms. The van der Waals surface area contributed by atoms with Crippen molar-refractivity contribution in [3.8, 4) is 11.8 Å². The van der Waals surface area contributed by atoms with Crippen molar-refractivity contribution >= 4 is 5.91 Å². The summed E-state index contributed by atoms with van der Waals surface area (Å²) in [6, 6.07) is 7.28. The largest absolute Gasteiger partial charge is 0.336 e. The molecule has 0 aromatic carbocycles. The Balaban J connectivity index is 2.20. The molecular formula is C16H16N4O. The van der Waals surface area contributed by atoms with Crippen LogP contribution in [0.25, 0.3) is 0 Å². The average molecular weight is 280 g/mol. The summed E-state index contributed by atoms with van der Waals surface area (Å²) >= 11 is 0. The average Bonchev–Trinajstić information content (AvgIpc) is 2.53. The Morgan fingerprint density at radius 2 is 2.19 bits per heavy atom. The van der Waals surface area contributed by atoms with Crippen LogP contribution in [0.4, 0.5) is 0 Å². The molecule has 0 fully saturated rings. The number of amides is 1. The van der Waals surface area contributed by atoms with Gasteiger partial charge in [-0.1, -0.05) is 17.9 Å². The van der Waals surface area contributed by atoms with Crippen molar-refractivity contribution in [2.24, 2.45) is 5.73 Å². The smallest absolute Gasteiger partial charge is 0.255 e. The molecule has 0 aliphatic heterocycles. The third kappa shape index (κ3) is 3.88. The van der Waals surface area contributed by atoms with Crippen molar-refractivity contribution in [2.75, 3.05) is 13.6 Å². The molecule has 0 radical (unpaired) electrons. The van der Waals surface area contributed by atoms with Gasteiger partial charge in [0.15, 0.2) is 0 Å². The number of nitrogens with zero attached hydrogens (tertiary/aromatic N) is 3. The molecule has 5 nitrogen and oxygen atoms in total. The van der Waals surface area contributed by atoms with E-state index in [0.717, 1.165) is 5.69 Å². The van der Waals surface area contributed by atoms with E-state index in [0.29, 0.717) is 17.7 Å². The SMILES string of the molecule is CN(Cc1ccccn1)C(=O)c1ccncc1C#CCN. The van der Waals surface area contributed by atoms with Crippen molar-refractivity contribution in [3.63, 3.8) is 0 Å². The monoisotopic (exact) mass is 280 g/mol. The van der Waals surface area contributed by atoms with Crippen LogP contribution in [-0.4, -0.2) is 34.4 Å². The van der Waals surface area contributed by atoms with Crippen LogP contribution in [0, 0.1) is 11.8 Å². The topological polar surface area (TPSA) is 72.1 Å². The number of hydrogen-bond acceptors (Lipinski definition) is 4. The fraction of sp³-hybridized carbons (Fsp3) is 0.188. The summed E-state index contributed by atoms with van der Waals surface area (Å²) in [5, 5.41) is 0. The van der Waals surface area contributed by atoms with Crippen LogP contribution in [0.15, 0.2) is 42.9 Å². The third-order valence-electron chi connectivity index (χ3n) is 2.85. The zero-order valence-corrected chi connectivity index (χ0v) is 11.8. The van der Waals surface area contributed by atoms with Gasteiger partial charge in [-0.05, 0) is 18.2 Å². The molecule has 2 N–H and O–H groups in total. The zero-order valence-electron chi connectivity index (χ0n) is 11.8. The van der Waals surface area contributed by atoms with Crippen LogP contribution < -0.4 is 5.73 Å². The quantitative estimate of drug-likeness (QED) is 0.853. The predicted octanol–water partition coefficient (Wildman–Crippen LogP) is 1.06. The van der Waals surface area contributed by atoms with Gasteiger partial charge in [0.05, 0.1) is 29.9 Å². The van der Waals surface area contributed by atoms with Crippen molar-refractivity contribution in [3.05, 3.63) is 59.7 Å². The lowest BCUT2D eigenvalue weighted by Crippen LogP contribution is -2.27. The lowest BCUT2D eigenvalue weighted by molar-refractivity contribution is 0.0783. The van der Waals surface area contributed by atoms with E-state index in [1.807, 2.05) is 18.2 Å². The molecule has 2 aromatic heterocycles. The minimum atomic E-state index is -0.121. The molecule has 0 spiro atoms. The second kappa shape index (κ2) is 7.17. The van der Waals surface area contributed by atoms with Gasteiger partial charge in [0, 0.05) is 25.6 Å². The first-order chi connectivity index (χ1) is 10.2. The predicted molar refractivity (Wildman–Crippen MR) is 80.2 cm³/mol. The Morgan fingerprint density at radius 1 is 1.33 bits per heavy atom. The maximum atomic E-state index is 12.5. The second-order valence-corrected chi connectivity index (χ2v) is 4.41. The lowest BCUT2D eigenvalue weighted by atomic mass is 10.1. The number of carbonyl (C=O) groups excluding carboxylic acids is 1. The highest BCUT2D eigenvalue weighted by Crippen LogP contribution is 2.10. The number of nitrogens with two attached hydrogens (primary N) is 1. The van der Waals surface area contributed by atoms with Crippen LogP contribution >= 0.6 is 0 Å². The summed E-state index contributed by atoms with van der Waals surface area (Å²) in [5.41, 5.74) is 7.30. The zero-order chi connectivity index (χ0) is 15.1. The summed E-state index contributed by atoms with van der Waals surface area (Å²) in [4.78, 5) is 22.3. The molecule has 2 heterocycles. The Kier molecular flexibility index (Phi) is 5.02. The molecular weight excluding hydrogens is 264 g/mol. The number of aromatic nitrogens is 2. The van der Waals surface area contributed by atoms with Crippen molar-refractivity contribution in [1.29, 1.82) is 0 Å². The van der Waals surface area contributed by atoms with Gasteiger partial charge in [-0.15, -0.1) is 0 Å². The van der Waals surface area contributed by atoms with Gasteiger partial charge in [0.25, 0.3) is 5.91 Å². The van der Waals surface area contributed by atoms with Crippen LogP contribution in [0.2, 0.25) is 0 Å². The first-order valence-electron chi connectivity index (χ1n) is 6.50. The van der Waals surface area contributed by atoms with Gasteiger partial charge >= 0.3 is 0 Å². The third-order valence-corrected chi connectivity index (χ3v) is 2.85. The van der Waals surface area contributed by atoms with E-state index in [-0.39, 0.29) is 12.5 Å². The summed E-state index contributed by atoms with van der Waals surface area (Å²) in [5.74, 6) is 5.49. The fourth-order valence-electron chi connectivity index (χ4n) is 1.84. The van der Waals surface area contributed by atoms with E-state index in [1.165, 1.54) is 0 Å². The molecule has 0 unspecified atom stereocenters. The molecule has 0 aliphatic rings. The lowest BCUT2D eigenvalue weighted by Gasteiger charge is -2.17. The fourth-order valence-corrected chi connectivity index (χ4v) is 1.84. The van der Waals surface area contributed by atoms with Crippen LogP contribution in [-0.2, 0) is 6.54 Å². The molecule has 0 saturated carbocycles. The van der Waals surface area contributed by atoms with Gasteiger partial charge in [-0.25, -0.2) is 0 Å². The molecule has 0 saturated heterocycles. The molecule has 0 bridgehead atoms. The van der Waals surface area contributed by atoms with Crippen LogP contribution in [0.3, 0.4) is 0 Å². The first-order valence-corrected chi connectivity index (χ1v) is 6.50. The summed E-state index contributed by atoms with van der Waals surface area (Å²) in [6.07, 6.45) is 4.86. The molecule has 1 amide bonds. The van der Waals surface area contributed by atoms with E-state index in [9.17, 15) is 4.79 Å². The summed E-state index contributed by atoms with van der Waals surface area (Å²) in [6.45, 7) is 0.679. The Labute approximate surface area is 123 Å². The van der Waals surface area contributed by atoms with Gasteiger partial charge in [0.1, 0.15) is 0 Å². The van der Waals surface area contributed by atoms with E-state index in [4.69, 9.17) is 5.73 Å². The second-order valence-electron chi connectivity index (χ2n) is 4.41. The van der Waals surface area contributed by atoms with E-state index in [2.05, 4.69) is 21.8 Å². The number of pyridine rings is 2. The van der Waals surface area contributed by atoms with Crippen molar-refractivity contribution in [2.45, 2.75) is 6.54 Å². The summed E-state index contributed by atoms with van der Waals surface area (Å²) < 4.78 is 0. The maximum absolute atomic E-state index is 12.5. The van der Waals surface area contributed by atoms with Crippen molar-refractivity contribution in [1.82, 2.24) is 14.9 Å². The van der Waals surface area contributed by atoms with E-state index < -0.39 is 0 Å². The minimum Gasteiger partial charge on any atom is -0.336 e. The standard InChI is InChI=1S/C16H16N4O/c1-20(12-14-6-2-3-9-19-14)16(21)15-7-10-18-11-13(15)5-4-8-17/h2-3,6-7,9-11H,8,12,17H2,1H3. The Morgan fingerprint density at radius 3 is 2.90 bits per heavy atom. The highest BCUT2D eigenvalue weighted by atomic mass is 16.2. The van der Waals surface area contributed by atoms with Crippen LogP contribution in [0.5, 0.6) is 0 Å².